The maximum Gasteiger partial charge on any atom is 0.416 e. The lowest BCUT2D eigenvalue weighted by Gasteiger charge is -2.26. The van der Waals surface area contributed by atoms with Crippen molar-refractivity contribution in [1.82, 2.24) is 5.32 Å². The topological polar surface area (TPSA) is 102 Å². The van der Waals surface area contributed by atoms with E-state index in [9.17, 15) is 31.2 Å². The zero-order valence-corrected chi connectivity index (χ0v) is 25.1. The molecule has 0 radical (unpaired) electrons. The van der Waals surface area contributed by atoms with Crippen molar-refractivity contribution in [2.45, 2.75) is 30.5 Å². The second-order valence-electron chi connectivity index (χ2n) is 10.4. The lowest BCUT2D eigenvalue weighted by atomic mass is 10.0. The minimum absolute atomic E-state index is 0.0868. The van der Waals surface area contributed by atoms with Crippen LogP contribution in [-0.2, 0) is 32.2 Å². The standard InChI is InChI=1S/C33H29F3N2O6S/c1-21-18-25(32(40)43-2)12-15-30(21)44-17-16-37-31(39)29-20-24-6-3-4-9-28(24)38(29)45(41,42)27-13-10-22(11-14-27)23-7-5-8-26(19-23)33(34,35)36/h3-15,18-19,29H,16-17,20H2,1-2H3,(H,37,39)/t29-/m0/s1. The van der Waals surface area contributed by atoms with E-state index in [4.69, 9.17) is 9.47 Å². The number of ether oxygens (including phenoxy) is 2. The number of carbonyl (C=O) groups excluding carboxylic acids is 2. The number of nitrogens with one attached hydrogen (secondary N) is 1. The van der Waals surface area contributed by atoms with Gasteiger partial charge in [0.15, 0.2) is 0 Å². The van der Waals surface area contributed by atoms with E-state index in [0.717, 1.165) is 16.4 Å². The van der Waals surface area contributed by atoms with Crippen LogP contribution in [0.3, 0.4) is 0 Å². The van der Waals surface area contributed by atoms with Crippen molar-refractivity contribution < 1.29 is 40.7 Å². The van der Waals surface area contributed by atoms with E-state index in [1.807, 2.05) is 0 Å². The van der Waals surface area contributed by atoms with Gasteiger partial charge in [-0.15, -0.1) is 0 Å². The average Bonchev–Trinajstić information content (AvgIpc) is 3.44. The number of hydrogen-bond donors (Lipinski definition) is 1. The molecule has 0 unspecified atom stereocenters. The molecule has 1 aliphatic heterocycles. The Labute approximate surface area is 258 Å². The summed E-state index contributed by atoms with van der Waals surface area (Å²) in [4.78, 5) is 25.0. The number of rotatable bonds is 9. The number of amides is 1. The van der Waals surface area contributed by atoms with Crippen LogP contribution in [0.15, 0.2) is 95.9 Å². The Hall–Kier alpha value is -4.84. The van der Waals surface area contributed by atoms with Crippen molar-refractivity contribution in [3.05, 3.63) is 113 Å². The van der Waals surface area contributed by atoms with E-state index >= 15 is 0 Å². The van der Waals surface area contributed by atoms with Crippen molar-refractivity contribution in [2.75, 3.05) is 24.6 Å². The van der Waals surface area contributed by atoms with Gasteiger partial charge in [0.1, 0.15) is 18.4 Å². The Morgan fingerprint density at radius 1 is 0.933 bits per heavy atom. The van der Waals surface area contributed by atoms with Gasteiger partial charge in [0.05, 0.1) is 35.4 Å². The number of alkyl halides is 3. The molecule has 0 saturated heterocycles. The molecule has 5 rings (SSSR count). The van der Waals surface area contributed by atoms with E-state index in [-0.39, 0.29) is 30.0 Å². The highest BCUT2D eigenvalue weighted by atomic mass is 32.2. The maximum absolute atomic E-state index is 13.9. The summed E-state index contributed by atoms with van der Waals surface area (Å²) in [5, 5.41) is 2.75. The molecule has 8 nitrogen and oxygen atoms in total. The number of carbonyl (C=O) groups is 2. The van der Waals surface area contributed by atoms with Gasteiger partial charge in [-0.1, -0.05) is 42.5 Å². The van der Waals surface area contributed by atoms with Crippen LogP contribution >= 0.6 is 0 Å². The molecule has 1 N–H and O–H groups in total. The molecule has 1 aliphatic rings. The summed E-state index contributed by atoms with van der Waals surface area (Å²) in [5.41, 5.74) is 2.02. The smallest absolute Gasteiger partial charge is 0.416 e. The second kappa shape index (κ2) is 12.6. The molecule has 0 bridgehead atoms. The lowest BCUT2D eigenvalue weighted by molar-refractivity contribution is -0.137. The molecule has 4 aromatic carbocycles. The number of hydrogen-bond acceptors (Lipinski definition) is 6. The van der Waals surface area contributed by atoms with Crippen molar-refractivity contribution in [2.24, 2.45) is 0 Å². The fourth-order valence-electron chi connectivity index (χ4n) is 5.17. The van der Waals surface area contributed by atoms with E-state index in [1.54, 1.807) is 49.4 Å². The van der Waals surface area contributed by atoms with E-state index < -0.39 is 39.7 Å². The molecule has 1 amide bonds. The van der Waals surface area contributed by atoms with Gasteiger partial charge < -0.3 is 14.8 Å². The average molecular weight is 639 g/mol. The minimum atomic E-state index is -4.51. The van der Waals surface area contributed by atoms with E-state index in [1.165, 1.54) is 43.5 Å². The monoisotopic (exact) mass is 638 g/mol. The van der Waals surface area contributed by atoms with Crippen LogP contribution in [0, 0.1) is 6.92 Å². The Balaban J connectivity index is 1.31. The summed E-state index contributed by atoms with van der Waals surface area (Å²) < 4.78 is 79.0. The normalized spacial score (nSPS) is 14.5. The molecular formula is C33H29F3N2O6S. The van der Waals surface area contributed by atoms with Crippen LogP contribution in [0.25, 0.3) is 11.1 Å². The van der Waals surface area contributed by atoms with Crippen LogP contribution in [-0.4, -0.2) is 46.6 Å². The summed E-state index contributed by atoms with van der Waals surface area (Å²) in [6, 6.07) is 20.9. The van der Waals surface area contributed by atoms with Crippen LogP contribution < -0.4 is 14.4 Å². The summed E-state index contributed by atoms with van der Waals surface area (Å²) in [6.07, 6.45) is -4.36. The number of nitrogens with zero attached hydrogens (tertiary/aromatic N) is 1. The third kappa shape index (κ3) is 6.65. The molecule has 1 atom stereocenters. The molecule has 1 heterocycles. The fraction of sp³-hybridized carbons (Fsp3) is 0.212. The molecule has 12 heteroatoms. The molecule has 4 aromatic rings. The van der Waals surface area contributed by atoms with Gasteiger partial charge in [0.25, 0.3) is 10.0 Å². The summed E-state index contributed by atoms with van der Waals surface area (Å²) >= 11 is 0. The van der Waals surface area contributed by atoms with Crippen LogP contribution in [0.5, 0.6) is 5.75 Å². The van der Waals surface area contributed by atoms with Crippen molar-refractivity contribution in [3.8, 4) is 16.9 Å². The zero-order valence-electron chi connectivity index (χ0n) is 24.3. The predicted octanol–water partition coefficient (Wildman–Crippen LogP) is 5.78. The number of fused-ring (bicyclic) bond motifs is 1. The molecular weight excluding hydrogens is 609 g/mol. The maximum atomic E-state index is 13.9. The molecule has 0 aliphatic carbocycles. The number of halogens is 3. The first-order valence-electron chi connectivity index (χ1n) is 13.9. The third-order valence-corrected chi connectivity index (χ3v) is 9.25. The number of sulfonamides is 1. The molecule has 0 aromatic heterocycles. The molecule has 45 heavy (non-hydrogen) atoms. The van der Waals surface area contributed by atoms with Gasteiger partial charge in [0, 0.05) is 6.42 Å². The SMILES string of the molecule is COC(=O)c1ccc(OCCNC(=O)[C@@H]2Cc3ccccc3N2S(=O)(=O)c2ccc(-c3cccc(C(F)(F)F)c3)cc2)c(C)c1. The quantitative estimate of drug-likeness (QED) is 0.184. The summed E-state index contributed by atoms with van der Waals surface area (Å²) in [5.74, 6) is -0.472. The Morgan fingerprint density at radius 3 is 2.36 bits per heavy atom. The van der Waals surface area contributed by atoms with Gasteiger partial charge in [0.2, 0.25) is 5.91 Å². The first-order valence-corrected chi connectivity index (χ1v) is 15.3. The van der Waals surface area contributed by atoms with Crippen LogP contribution in [0.1, 0.15) is 27.0 Å². The number of anilines is 1. The van der Waals surface area contributed by atoms with Crippen LogP contribution in [0.2, 0.25) is 0 Å². The Morgan fingerprint density at radius 2 is 1.67 bits per heavy atom. The minimum Gasteiger partial charge on any atom is -0.491 e. The van der Waals surface area contributed by atoms with Crippen molar-refractivity contribution >= 4 is 27.6 Å². The van der Waals surface area contributed by atoms with Gasteiger partial charge in [-0.3, -0.25) is 9.10 Å². The van der Waals surface area contributed by atoms with Crippen molar-refractivity contribution in [1.29, 1.82) is 0 Å². The van der Waals surface area contributed by atoms with E-state index in [0.29, 0.717) is 33.7 Å². The number of para-hydroxylation sites is 1. The predicted molar refractivity (Wildman–Crippen MR) is 162 cm³/mol. The molecule has 0 saturated carbocycles. The third-order valence-electron chi connectivity index (χ3n) is 7.42. The van der Waals surface area contributed by atoms with E-state index in [2.05, 4.69) is 5.32 Å². The highest BCUT2D eigenvalue weighted by Crippen LogP contribution is 2.38. The fourth-order valence-corrected chi connectivity index (χ4v) is 6.82. The molecule has 0 fully saturated rings. The zero-order chi connectivity index (χ0) is 32.4. The Bertz CT molecular complexity index is 1840. The summed E-state index contributed by atoms with van der Waals surface area (Å²) in [6.45, 7) is 1.95. The van der Waals surface area contributed by atoms with Gasteiger partial charge >= 0.3 is 12.1 Å². The number of benzene rings is 4. The van der Waals surface area contributed by atoms with Crippen molar-refractivity contribution in [3.63, 3.8) is 0 Å². The second-order valence-corrected chi connectivity index (χ2v) is 12.2. The molecule has 234 valence electrons. The number of methoxy groups -OCH3 is 1. The number of aryl methyl sites for hydroxylation is 1. The summed E-state index contributed by atoms with van der Waals surface area (Å²) in [7, 11) is -2.95. The Kier molecular flexibility index (Phi) is 8.87. The molecule has 0 spiro atoms. The highest BCUT2D eigenvalue weighted by Gasteiger charge is 2.42. The van der Waals surface area contributed by atoms with Gasteiger partial charge in [-0.05, 0) is 77.7 Å². The largest absolute Gasteiger partial charge is 0.491 e. The first-order chi connectivity index (χ1) is 21.4. The van der Waals surface area contributed by atoms with Gasteiger partial charge in [-0.25, -0.2) is 13.2 Å². The lowest BCUT2D eigenvalue weighted by Crippen LogP contribution is -2.48. The highest BCUT2D eigenvalue weighted by molar-refractivity contribution is 7.93. The van der Waals surface area contributed by atoms with Crippen LogP contribution in [0.4, 0.5) is 18.9 Å². The first kappa shape index (κ1) is 31.6. The number of esters is 1. The van der Waals surface area contributed by atoms with Gasteiger partial charge in [-0.2, -0.15) is 13.2 Å².